The average molecular weight is 302 g/mol. The van der Waals surface area contributed by atoms with Crippen molar-refractivity contribution in [1.29, 1.82) is 0 Å². The van der Waals surface area contributed by atoms with Crippen LogP contribution in [-0.4, -0.2) is 55.9 Å². The Morgan fingerprint density at radius 3 is 2.30 bits per heavy atom. The first-order valence-corrected chi connectivity index (χ1v) is 9.55. The van der Waals surface area contributed by atoms with Crippen LogP contribution in [0.2, 0.25) is 0 Å². The molecular formula is C14H26N2O3S. The molecular weight excluding hydrogens is 276 g/mol. The molecule has 0 unspecified atom stereocenters. The highest BCUT2D eigenvalue weighted by molar-refractivity contribution is 7.91. The van der Waals surface area contributed by atoms with E-state index in [1.165, 1.54) is 19.3 Å². The van der Waals surface area contributed by atoms with Gasteiger partial charge in [0.25, 0.3) is 0 Å². The normalized spacial score (nSPS) is 29.4. The number of hydrogen-bond donors (Lipinski definition) is 1. The number of likely N-dealkylation sites (tertiary alicyclic amines) is 1. The molecule has 1 N–H and O–H groups in total. The Labute approximate surface area is 122 Å². The minimum absolute atomic E-state index is 0.0207. The van der Waals surface area contributed by atoms with Gasteiger partial charge in [0.05, 0.1) is 17.5 Å². The van der Waals surface area contributed by atoms with Gasteiger partial charge in [-0.25, -0.2) is 8.42 Å². The zero-order valence-electron chi connectivity index (χ0n) is 12.3. The van der Waals surface area contributed by atoms with E-state index in [9.17, 15) is 13.2 Å². The van der Waals surface area contributed by atoms with Gasteiger partial charge in [0.15, 0.2) is 9.84 Å². The summed E-state index contributed by atoms with van der Waals surface area (Å²) < 4.78 is 22.8. The van der Waals surface area contributed by atoms with Crippen LogP contribution in [0.4, 0.5) is 0 Å². The minimum Gasteiger partial charge on any atom is -0.351 e. The fourth-order valence-corrected chi connectivity index (χ4v) is 4.73. The Balaban J connectivity index is 1.84. The third kappa shape index (κ3) is 4.45. The Hall–Kier alpha value is -0.620. The molecule has 2 atom stereocenters. The van der Waals surface area contributed by atoms with Crippen LogP contribution >= 0.6 is 0 Å². The number of nitrogens with zero attached hydrogens (tertiary/aromatic N) is 1. The van der Waals surface area contributed by atoms with Crippen molar-refractivity contribution < 1.29 is 13.2 Å². The van der Waals surface area contributed by atoms with Crippen LogP contribution < -0.4 is 5.32 Å². The molecule has 0 bridgehead atoms. The van der Waals surface area contributed by atoms with Gasteiger partial charge >= 0.3 is 0 Å². The van der Waals surface area contributed by atoms with Crippen molar-refractivity contribution in [2.45, 2.75) is 57.5 Å². The summed E-state index contributed by atoms with van der Waals surface area (Å²) >= 11 is 0. The lowest BCUT2D eigenvalue weighted by Crippen LogP contribution is -2.49. The molecule has 0 aliphatic carbocycles. The number of sulfone groups is 1. The van der Waals surface area contributed by atoms with E-state index in [4.69, 9.17) is 0 Å². The maximum atomic E-state index is 12.3. The molecule has 1 amide bonds. The molecule has 2 aliphatic heterocycles. The quantitative estimate of drug-likeness (QED) is 0.843. The van der Waals surface area contributed by atoms with Gasteiger partial charge in [0, 0.05) is 6.04 Å². The number of carbonyl (C=O) groups excluding carboxylic acids is 1. The summed E-state index contributed by atoms with van der Waals surface area (Å²) in [6.45, 7) is 3.87. The lowest BCUT2D eigenvalue weighted by molar-refractivity contribution is -0.126. The van der Waals surface area contributed by atoms with E-state index >= 15 is 0 Å². The van der Waals surface area contributed by atoms with Gasteiger partial charge in [-0.05, 0) is 39.3 Å². The molecule has 2 saturated heterocycles. The molecule has 20 heavy (non-hydrogen) atoms. The molecule has 2 rings (SSSR count). The fourth-order valence-electron chi connectivity index (χ4n) is 3.06. The van der Waals surface area contributed by atoms with E-state index in [1.54, 1.807) is 0 Å². The summed E-state index contributed by atoms with van der Waals surface area (Å²) in [5.41, 5.74) is 0. The number of carbonyl (C=O) groups is 1. The second kappa shape index (κ2) is 6.89. The SMILES string of the molecule is C[C@H](C(=O)N[C@@H]1CCS(=O)(=O)C1)N1CCCCCCC1. The van der Waals surface area contributed by atoms with Gasteiger partial charge in [-0.3, -0.25) is 9.69 Å². The Bertz CT molecular complexity index is 428. The predicted octanol–water partition coefficient (Wildman–Crippen LogP) is 0.944. The highest BCUT2D eigenvalue weighted by Crippen LogP contribution is 2.15. The highest BCUT2D eigenvalue weighted by Gasteiger charge is 2.31. The van der Waals surface area contributed by atoms with Crippen molar-refractivity contribution in [1.82, 2.24) is 10.2 Å². The molecule has 2 aliphatic rings. The predicted molar refractivity (Wildman–Crippen MR) is 79.3 cm³/mol. The summed E-state index contributed by atoms with van der Waals surface area (Å²) in [5, 5.41) is 2.91. The van der Waals surface area contributed by atoms with Gasteiger partial charge in [-0.15, -0.1) is 0 Å². The smallest absolute Gasteiger partial charge is 0.237 e. The molecule has 0 aromatic heterocycles. The van der Waals surface area contributed by atoms with Crippen LogP contribution in [0.15, 0.2) is 0 Å². The standard InChI is InChI=1S/C14H26N2O3S/c1-12(16-8-5-3-2-4-6-9-16)14(17)15-13-7-10-20(18,19)11-13/h12-13H,2-11H2,1H3,(H,15,17)/t12-,13-/m1/s1. The van der Waals surface area contributed by atoms with Gasteiger partial charge in [0.2, 0.25) is 5.91 Å². The number of nitrogens with one attached hydrogen (secondary N) is 1. The van der Waals surface area contributed by atoms with Gasteiger partial charge in [0.1, 0.15) is 0 Å². The van der Waals surface area contributed by atoms with Crippen molar-refractivity contribution >= 4 is 15.7 Å². The van der Waals surface area contributed by atoms with Crippen LogP contribution in [0.25, 0.3) is 0 Å². The lowest BCUT2D eigenvalue weighted by Gasteiger charge is -2.30. The number of hydrogen-bond acceptors (Lipinski definition) is 4. The van der Waals surface area contributed by atoms with Crippen LogP contribution in [-0.2, 0) is 14.6 Å². The Morgan fingerprint density at radius 2 is 1.75 bits per heavy atom. The summed E-state index contributed by atoms with van der Waals surface area (Å²) in [6, 6.07) is -0.346. The number of rotatable bonds is 3. The molecule has 2 fully saturated rings. The third-order valence-electron chi connectivity index (χ3n) is 4.40. The van der Waals surface area contributed by atoms with Gasteiger partial charge in [-0.2, -0.15) is 0 Å². The maximum Gasteiger partial charge on any atom is 0.237 e. The Kier molecular flexibility index (Phi) is 5.43. The van der Waals surface area contributed by atoms with E-state index in [-0.39, 0.29) is 29.5 Å². The topological polar surface area (TPSA) is 66.5 Å². The van der Waals surface area contributed by atoms with Crippen molar-refractivity contribution in [3.8, 4) is 0 Å². The first-order valence-electron chi connectivity index (χ1n) is 7.73. The van der Waals surface area contributed by atoms with Crippen molar-refractivity contribution in [3.63, 3.8) is 0 Å². The maximum absolute atomic E-state index is 12.3. The second-order valence-electron chi connectivity index (χ2n) is 6.09. The molecule has 0 saturated carbocycles. The third-order valence-corrected chi connectivity index (χ3v) is 6.16. The van der Waals surface area contributed by atoms with E-state index in [0.29, 0.717) is 6.42 Å². The lowest BCUT2D eigenvalue weighted by atomic mass is 10.1. The largest absolute Gasteiger partial charge is 0.351 e. The van der Waals surface area contributed by atoms with Crippen molar-refractivity contribution in [2.24, 2.45) is 0 Å². The van der Waals surface area contributed by atoms with Crippen LogP contribution in [0.5, 0.6) is 0 Å². The van der Waals surface area contributed by atoms with E-state index in [1.807, 2.05) is 6.92 Å². The van der Waals surface area contributed by atoms with Crippen LogP contribution in [0.1, 0.15) is 45.4 Å². The molecule has 6 heteroatoms. The van der Waals surface area contributed by atoms with Crippen LogP contribution in [0, 0.1) is 0 Å². The minimum atomic E-state index is -2.93. The Morgan fingerprint density at radius 1 is 1.15 bits per heavy atom. The van der Waals surface area contributed by atoms with Crippen molar-refractivity contribution in [2.75, 3.05) is 24.6 Å². The zero-order valence-corrected chi connectivity index (χ0v) is 13.1. The summed E-state index contributed by atoms with van der Waals surface area (Å²) in [5.74, 6) is 0.286. The zero-order chi connectivity index (χ0) is 14.6. The first kappa shape index (κ1) is 15.8. The molecule has 0 aromatic rings. The highest BCUT2D eigenvalue weighted by atomic mass is 32.2. The van der Waals surface area contributed by atoms with Gasteiger partial charge in [-0.1, -0.05) is 19.3 Å². The summed E-state index contributed by atoms with van der Waals surface area (Å²) in [4.78, 5) is 14.5. The van der Waals surface area contributed by atoms with Crippen molar-refractivity contribution in [3.05, 3.63) is 0 Å². The molecule has 0 radical (unpaired) electrons. The van der Waals surface area contributed by atoms with Crippen LogP contribution in [0.3, 0.4) is 0 Å². The fraction of sp³-hybridized carbons (Fsp3) is 0.929. The molecule has 116 valence electrons. The summed E-state index contributed by atoms with van der Waals surface area (Å²) in [6.07, 6.45) is 6.64. The number of amides is 1. The summed E-state index contributed by atoms with van der Waals surface area (Å²) in [7, 11) is -2.93. The van der Waals surface area contributed by atoms with Gasteiger partial charge < -0.3 is 5.32 Å². The molecule has 0 aromatic carbocycles. The first-order chi connectivity index (χ1) is 9.48. The molecule has 2 heterocycles. The molecule has 5 nitrogen and oxygen atoms in total. The van der Waals surface area contributed by atoms with E-state index in [2.05, 4.69) is 10.2 Å². The second-order valence-corrected chi connectivity index (χ2v) is 8.32. The molecule has 0 spiro atoms. The monoisotopic (exact) mass is 302 g/mol. The average Bonchev–Trinajstić information content (AvgIpc) is 2.67. The van der Waals surface area contributed by atoms with E-state index in [0.717, 1.165) is 25.9 Å². The van der Waals surface area contributed by atoms with E-state index < -0.39 is 9.84 Å².